The lowest BCUT2D eigenvalue weighted by atomic mass is 10.1. The van der Waals surface area contributed by atoms with Crippen LogP contribution >= 0.6 is 0 Å². The summed E-state index contributed by atoms with van der Waals surface area (Å²) in [6, 6.07) is 8.26. The SMILES string of the molecule is CCCc1ccccc1Nc1nc(N)ncc1C. The Labute approximate surface area is 107 Å². The van der Waals surface area contributed by atoms with Gasteiger partial charge in [-0.1, -0.05) is 31.5 Å². The van der Waals surface area contributed by atoms with Gasteiger partial charge in [-0.3, -0.25) is 0 Å². The lowest BCUT2D eigenvalue weighted by Gasteiger charge is -2.12. The maximum absolute atomic E-state index is 5.62. The Bertz CT molecular complexity index is 537. The molecule has 0 aliphatic rings. The molecule has 1 heterocycles. The average molecular weight is 242 g/mol. The Hall–Kier alpha value is -2.10. The van der Waals surface area contributed by atoms with E-state index in [1.807, 2.05) is 13.0 Å². The molecule has 4 heteroatoms. The molecule has 0 spiro atoms. The van der Waals surface area contributed by atoms with Crippen LogP contribution in [0.5, 0.6) is 0 Å². The Balaban J connectivity index is 2.30. The van der Waals surface area contributed by atoms with E-state index in [1.165, 1.54) is 5.56 Å². The minimum atomic E-state index is 0.288. The van der Waals surface area contributed by atoms with Gasteiger partial charge >= 0.3 is 0 Å². The summed E-state index contributed by atoms with van der Waals surface area (Å²) in [5.41, 5.74) is 8.97. The molecule has 0 amide bonds. The highest BCUT2D eigenvalue weighted by molar-refractivity contribution is 5.63. The van der Waals surface area contributed by atoms with Crippen LogP contribution in [0.1, 0.15) is 24.5 Å². The van der Waals surface area contributed by atoms with Crippen LogP contribution in [-0.2, 0) is 6.42 Å². The van der Waals surface area contributed by atoms with Gasteiger partial charge in [0.25, 0.3) is 0 Å². The van der Waals surface area contributed by atoms with Gasteiger partial charge in [-0.2, -0.15) is 4.98 Å². The maximum atomic E-state index is 5.62. The molecular weight excluding hydrogens is 224 g/mol. The Morgan fingerprint density at radius 3 is 2.83 bits per heavy atom. The molecule has 0 aliphatic carbocycles. The first-order chi connectivity index (χ1) is 8.70. The molecule has 94 valence electrons. The van der Waals surface area contributed by atoms with E-state index in [-0.39, 0.29) is 5.95 Å². The van der Waals surface area contributed by atoms with Gasteiger partial charge in [0.1, 0.15) is 5.82 Å². The lowest BCUT2D eigenvalue weighted by Crippen LogP contribution is -2.03. The molecule has 1 aromatic heterocycles. The minimum Gasteiger partial charge on any atom is -0.368 e. The van der Waals surface area contributed by atoms with Crippen molar-refractivity contribution in [2.75, 3.05) is 11.1 Å². The molecule has 2 rings (SSSR count). The fourth-order valence-corrected chi connectivity index (χ4v) is 1.84. The number of nitrogen functional groups attached to an aromatic ring is 1. The number of aryl methyl sites for hydroxylation is 2. The first-order valence-corrected chi connectivity index (χ1v) is 6.14. The van der Waals surface area contributed by atoms with E-state index in [0.29, 0.717) is 0 Å². The van der Waals surface area contributed by atoms with Gasteiger partial charge in [0.15, 0.2) is 0 Å². The number of nitrogens with zero attached hydrogens (tertiary/aromatic N) is 2. The normalized spacial score (nSPS) is 10.3. The van der Waals surface area contributed by atoms with E-state index < -0.39 is 0 Å². The molecule has 3 N–H and O–H groups in total. The van der Waals surface area contributed by atoms with Crippen molar-refractivity contribution in [2.24, 2.45) is 0 Å². The second-order valence-electron chi connectivity index (χ2n) is 4.29. The van der Waals surface area contributed by atoms with Crippen LogP contribution in [0.25, 0.3) is 0 Å². The summed E-state index contributed by atoms with van der Waals surface area (Å²) in [7, 11) is 0. The van der Waals surface area contributed by atoms with Gasteiger partial charge in [-0.25, -0.2) is 4.98 Å². The first kappa shape index (κ1) is 12.4. The third kappa shape index (κ3) is 2.77. The van der Waals surface area contributed by atoms with Gasteiger partial charge in [0, 0.05) is 17.4 Å². The molecule has 0 saturated carbocycles. The van der Waals surface area contributed by atoms with Crippen molar-refractivity contribution < 1.29 is 0 Å². The smallest absolute Gasteiger partial charge is 0.221 e. The van der Waals surface area contributed by atoms with E-state index in [1.54, 1.807) is 6.20 Å². The molecule has 1 aromatic carbocycles. The molecule has 0 aliphatic heterocycles. The van der Waals surface area contributed by atoms with Crippen LogP contribution in [-0.4, -0.2) is 9.97 Å². The van der Waals surface area contributed by atoms with E-state index >= 15 is 0 Å². The van der Waals surface area contributed by atoms with Crippen molar-refractivity contribution in [3.63, 3.8) is 0 Å². The second-order valence-corrected chi connectivity index (χ2v) is 4.29. The molecule has 0 unspecified atom stereocenters. The first-order valence-electron chi connectivity index (χ1n) is 6.14. The van der Waals surface area contributed by atoms with Crippen molar-refractivity contribution in [3.05, 3.63) is 41.6 Å². The predicted molar refractivity (Wildman–Crippen MR) is 74.9 cm³/mol. The number of nitrogens with one attached hydrogen (secondary N) is 1. The molecule has 4 nitrogen and oxygen atoms in total. The summed E-state index contributed by atoms with van der Waals surface area (Å²) >= 11 is 0. The van der Waals surface area contributed by atoms with E-state index in [9.17, 15) is 0 Å². The fraction of sp³-hybridized carbons (Fsp3) is 0.286. The molecule has 0 radical (unpaired) electrons. The number of rotatable bonds is 4. The van der Waals surface area contributed by atoms with E-state index in [2.05, 4.69) is 40.4 Å². The van der Waals surface area contributed by atoms with E-state index in [0.717, 1.165) is 29.9 Å². The van der Waals surface area contributed by atoms with Crippen LogP contribution < -0.4 is 11.1 Å². The van der Waals surface area contributed by atoms with Crippen LogP contribution in [0, 0.1) is 6.92 Å². The number of aromatic nitrogens is 2. The molecular formula is C14H18N4. The van der Waals surface area contributed by atoms with E-state index in [4.69, 9.17) is 5.73 Å². The van der Waals surface area contributed by atoms with Crippen LogP contribution in [0.2, 0.25) is 0 Å². The maximum Gasteiger partial charge on any atom is 0.221 e. The average Bonchev–Trinajstić information content (AvgIpc) is 2.36. The zero-order chi connectivity index (χ0) is 13.0. The molecule has 0 saturated heterocycles. The van der Waals surface area contributed by atoms with Gasteiger partial charge in [-0.05, 0) is 25.0 Å². The van der Waals surface area contributed by atoms with Crippen molar-refractivity contribution in [1.29, 1.82) is 0 Å². The summed E-state index contributed by atoms with van der Waals surface area (Å²) < 4.78 is 0. The molecule has 0 fully saturated rings. The van der Waals surface area contributed by atoms with Crippen LogP contribution in [0.15, 0.2) is 30.5 Å². The Morgan fingerprint density at radius 2 is 2.06 bits per heavy atom. The van der Waals surface area contributed by atoms with Gasteiger partial charge in [0.05, 0.1) is 0 Å². The standard InChI is InChI=1S/C14H18N4/c1-3-6-11-7-4-5-8-12(11)17-13-10(2)9-16-14(15)18-13/h4-5,7-9H,3,6H2,1-2H3,(H3,15,16,17,18). The number of hydrogen-bond donors (Lipinski definition) is 2. The zero-order valence-electron chi connectivity index (χ0n) is 10.8. The number of nitrogens with two attached hydrogens (primary N) is 1. The quantitative estimate of drug-likeness (QED) is 0.864. The number of anilines is 3. The highest BCUT2D eigenvalue weighted by Gasteiger charge is 2.05. The molecule has 2 aromatic rings. The van der Waals surface area contributed by atoms with Crippen LogP contribution in [0.3, 0.4) is 0 Å². The highest BCUT2D eigenvalue weighted by atomic mass is 15.1. The largest absolute Gasteiger partial charge is 0.368 e. The highest BCUT2D eigenvalue weighted by Crippen LogP contribution is 2.22. The number of hydrogen-bond acceptors (Lipinski definition) is 4. The predicted octanol–water partition coefficient (Wildman–Crippen LogP) is 3.06. The third-order valence-corrected chi connectivity index (χ3v) is 2.78. The number of para-hydroxylation sites is 1. The Kier molecular flexibility index (Phi) is 3.77. The Morgan fingerprint density at radius 1 is 1.28 bits per heavy atom. The topological polar surface area (TPSA) is 63.8 Å². The lowest BCUT2D eigenvalue weighted by molar-refractivity contribution is 0.923. The van der Waals surface area contributed by atoms with Crippen molar-refractivity contribution in [2.45, 2.75) is 26.7 Å². The molecule has 0 atom stereocenters. The summed E-state index contributed by atoms with van der Waals surface area (Å²) in [6.07, 6.45) is 3.89. The third-order valence-electron chi connectivity index (χ3n) is 2.78. The van der Waals surface area contributed by atoms with Crippen molar-refractivity contribution >= 4 is 17.5 Å². The second kappa shape index (κ2) is 5.49. The van der Waals surface area contributed by atoms with Crippen molar-refractivity contribution in [3.8, 4) is 0 Å². The summed E-state index contributed by atoms with van der Waals surface area (Å²) in [5, 5.41) is 3.34. The van der Waals surface area contributed by atoms with Gasteiger partial charge in [-0.15, -0.1) is 0 Å². The van der Waals surface area contributed by atoms with Crippen molar-refractivity contribution in [1.82, 2.24) is 9.97 Å². The summed E-state index contributed by atoms with van der Waals surface area (Å²) in [6.45, 7) is 4.13. The molecule has 18 heavy (non-hydrogen) atoms. The fourth-order valence-electron chi connectivity index (χ4n) is 1.84. The van der Waals surface area contributed by atoms with Gasteiger partial charge < -0.3 is 11.1 Å². The number of benzene rings is 1. The monoisotopic (exact) mass is 242 g/mol. The minimum absolute atomic E-state index is 0.288. The van der Waals surface area contributed by atoms with Gasteiger partial charge in [0.2, 0.25) is 5.95 Å². The summed E-state index contributed by atoms with van der Waals surface area (Å²) in [5.74, 6) is 1.06. The van der Waals surface area contributed by atoms with Crippen LogP contribution in [0.4, 0.5) is 17.5 Å². The molecule has 0 bridgehead atoms. The zero-order valence-corrected chi connectivity index (χ0v) is 10.8. The summed E-state index contributed by atoms with van der Waals surface area (Å²) in [4.78, 5) is 8.19.